The second-order valence-electron chi connectivity index (χ2n) is 3.73. The number of anilines is 2. The molecule has 0 aliphatic rings. The summed E-state index contributed by atoms with van der Waals surface area (Å²) in [6.45, 7) is 0. The number of nitrogens with two attached hydrogens (primary N) is 1. The zero-order chi connectivity index (χ0) is 14.8. The van der Waals surface area contributed by atoms with Gasteiger partial charge in [-0.05, 0) is 24.3 Å². The van der Waals surface area contributed by atoms with Crippen molar-refractivity contribution in [1.29, 1.82) is 0 Å². The molecule has 1 aromatic carbocycles. The van der Waals surface area contributed by atoms with Gasteiger partial charge in [-0.2, -0.15) is 0 Å². The molecular weight excluding hydrogens is 290 g/mol. The molecule has 0 aliphatic carbocycles. The van der Waals surface area contributed by atoms with Crippen molar-refractivity contribution in [3.8, 4) is 0 Å². The number of hydrazine groups is 1. The molecule has 1 heterocycles. The first-order valence-corrected chi connectivity index (χ1v) is 6.82. The lowest BCUT2D eigenvalue weighted by Crippen LogP contribution is -2.18. The van der Waals surface area contributed by atoms with Gasteiger partial charge in [0.05, 0.1) is 5.69 Å². The standard InChI is InChI=1S/C11H10F2N4O2S/c12-8-4-3-7(6-9(8)13)17-20(18,19)10-2-1-5-15-11(10)16-14/h1-6,17H,14H2,(H,15,16). The summed E-state index contributed by atoms with van der Waals surface area (Å²) in [7, 11) is -4.03. The third-order valence-electron chi connectivity index (χ3n) is 2.37. The summed E-state index contributed by atoms with van der Waals surface area (Å²) in [5.74, 6) is 2.87. The monoisotopic (exact) mass is 300 g/mol. The minimum Gasteiger partial charge on any atom is -0.307 e. The van der Waals surface area contributed by atoms with Crippen molar-refractivity contribution in [3.05, 3.63) is 48.2 Å². The Morgan fingerprint density at radius 1 is 1.15 bits per heavy atom. The highest BCUT2D eigenvalue weighted by Gasteiger charge is 2.19. The van der Waals surface area contributed by atoms with E-state index in [0.29, 0.717) is 0 Å². The van der Waals surface area contributed by atoms with Crippen LogP contribution >= 0.6 is 0 Å². The molecule has 20 heavy (non-hydrogen) atoms. The van der Waals surface area contributed by atoms with Crippen LogP contribution in [0.25, 0.3) is 0 Å². The lowest BCUT2D eigenvalue weighted by molar-refractivity contribution is 0.509. The van der Waals surface area contributed by atoms with Crippen LogP contribution in [0, 0.1) is 11.6 Å². The summed E-state index contributed by atoms with van der Waals surface area (Å²) in [4.78, 5) is 3.53. The number of aromatic nitrogens is 1. The average molecular weight is 300 g/mol. The van der Waals surface area contributed by atoms with E-state index in [1.807, 2.05) is 0 Å². The largest absolute Gasteiger partial charge is 0.307 e. The van der Waals surface area contributed by atoms with E-state index in [2.05, 4.69) is 15.1 Å². The summed E-state index contributed by atoms with van der Waals surface area (Å²) < 4.78 is 52.2. The number of rotatable bonds is 4. The molecule has 0 amide bonds. The molecule has 106 valence electrons. The number of benzene rings is 1. The number of nitrogens with one attached hydrogen (secondary N) is 2. The maximum atomic E-state index is 13.0. The molecule has 0 radical (unpaired) electrons. The molecule has 9 heteroatoms. The van der Waals surface area contributed by atoms with E-state index in [0.717, 1.165) is 18.2 Å². The van der Waals surface area contributed by atoms with Gasteiger partial charge in [0.25, 0.3) is 10.0 Å². The SMILES string of the molecule is NNc1ncccc1S(=O)(=O)Nc1ccc(F)c(F)c1. The smallest absolute Gasteiger partial charge is 0.265 e. The molecule has 6 nitrogen and oxygen atoms in total. The van der Waals surface area contributed by atoms with Gasteiger partial charge in [0.1, 0.15) is 4.90 Å². The molecule has 0 fully saturated rings. The predicted molar refractivity (Wildman–Crippen MR) is 69.2 cm³/mol. The maximum absolute atomic E-state index is 13.0. The summed E-state index contributed by atoms with van der Waals surface area (Å²) in [5.41, 5.74) is 2.03. The van der Waals surface area contributed by atoms with E-state index in [9.17, 15) is 17.2 Å². The van der Waals surface area contributed by atoms with E-state index < -0.39 is 21.7 Å². The van der Waals surface area contributed by atoms with Gasteiger partial charge in [-0.15, -0.1) is 0 Å². The first-order valence-electron chi connectivity index (χ1n) is 5.33. The fourth-order valence-electron chi connectivity index (χ4n) is 1.49. The lowest BCUT2D eigenvalue weighted by Gasteiger charge is -2.11. The quantitative estimate of drug-likeness (QED) is 0.586. The molecule has 4 N–H and O–H groups in total. The summed E-state index contributed by atoms with van der Waals surface area (Å²) >= 11 is 0. The Balaban J connectivity index is 2.38. The first kappa shape index (κ1) is 14.2. The number of nitrogens with zero attached hydrogens (tertiary/aromatic N) is 1. The molecule has 0 bridgehead atoms. The van der Waals surface area contributed by atoms with E-state index in [1.54, 1.807) is 0 Å². The van der Waals surface area contributed by atoms with Crippen molar-refractivity contribution in [2.75, 3.05) is 10.1 Å². The second-order valence-corrected chi connectivity index (χ2v) is 5.38. The van der Waals surface area contributed by atoms with Gasteiger partial charge in [-0.3, -0.25) is 4.72 Å². The number of nitrogen functional groups attached to an aromatic ring is 1. The van der Waals surface area contributed by atoms with Gasteiger partial charge in [-0.1, -0.05) is 0 Å². The molecule has 0 spiro atoms. The minimum absolute atomic E-state index is 0.0671. The van der Waals surface area contributed by atoms with Crippen molar-refractivity contribution in [2.45, 2.75) is 4.90 Å². The fourth-order valence-corrected chi connectivity index (χ4v) is 2.66. The van der Waals surface area contributed by atoms with E-state index in [4.69, 9.17) is 5.84 Å². The van der Waals surface area contributed by atoms with Crippen LogP contribution in [0.4, 0.5) is 20.3 Å². The van der Waals surface area contributed by atoms with Gasteiger partial charge in [0.15, 0.2) is 17.5 Å². The molecule has 0 aliphatic heterocycles. The second kappa shape index (κ2) is 5.39. The number of halogens is 2. The Kier molecular flexibility index (Phi) is 3.81. The lowest BCUT2D eigenvalue weighted by atomic mass is 10.3. The Morgan fingerprint density at radius 2 is 1.90 bits per heavy atom. The molecule has 1 aromatic heterocycles. The van der Waals surface area contributed by atoms with Crippen LogP contribution in [0.5, 0.6) is 0 Å². The van der Waals surface area contributed by atoms with Crippen LogP contribution in [0.2, 0.25) is 0 Å². The highest BCUT2D eigenvalue weighted by molar-refractivity contribution is 7.92. The highest BCUT2D eigenvalue weighted by Crippen LogP contribution is 2.21. The number of sulfonamides is 1. The van der Waals surface area contributed by atoms with Crippen LogP contribution in [0.3, 0.4) is 0 Å². The van der Waals surface area contributed by atoms with Crippen LogP contribution in [0.1, 0.15) is 0 Å². The van der Waals surface area contributed by atoms with Crippen LogP contribution in [-0.2, 0) is 10.0 Å². The molecular formula is C11H10F2N4O2S. The van der Waals surface area contributed by atoms with Crippen molar-refractivity contribution in [2.24, 2.45) is 5.84 Å². The highest BCUT2D eigenvalue weighted by atomic mass is 32.2. The zero-order valence-corrected chi connectivity index (χ0v) is 10.8. The fraction of sp³-hybridized carbons (Fsp3) is 0. The molecule has 0 unspecified atom stereocenters. The Morgan fingerprint density at radius 3 is 2.55 bits per heavy atom. The minimum atomic E-state index is -4.03. The topological polar surface area (TPSA) is 97.1 Å². The Labute approximate surface area is 113 Å². The predicted octanol–water partition coefficient (Wildman–Crippen LogP) is 1.45. The number of pyridine rings is 1. The van der Waals surface area contributed by atoms with Crippen LogP contribution < -0.4 is 16.0 Å². The molecule has 0 atom stereocenters. The third-order valence-corrected chi connectivity index (χ3v) is 3.78. The van der Waals surface area contributed by atoms with Crippen LogP contribution in [0.15, 0.2) is 41.4 Å². The molecule has 0 saturated heterocycles. The number of hydrogen-bond donors (Lipinski definition) is 3. The van der Waals surface area contributed by atoms with Crippen molar-refractivity contribution < 1.29 is 17.2 Å². The van der Waals surface area contributed by atoms with E-state index in [-0.39, 0.29) is 16.4 Å². The average Bonchev–Trinajstić information content (AvgIpc) is 2.42. The Bertz CT molecular complexity index is 737. The van der Waals surface area contributed by atoms with Crippen molar-refractivity contribution in [1.82, 2.24) is 4.98 Å². The van der Waals surface area contributed by atoms with Gasteiger partial charge in [-0.25, -0.2) is 28.0 Å². The maximum Gasteiger partial charge on any atom is 0.265 e. The molecule has 0 saturated carbocycles. The molecule has 2 aromatic rings. The third kappa shape index (κ3) is 2.83. The van der Waals surface area contributed by atoms with E-state index >= 15 is 0 Å². The first-order chi connectivity index (χ1) is 9.44. The van der Waals surface area contributed by atoms with E-state index in [1.165, 1.54) is 18.3 Å². The number of hydrogen-bond acceptors (Lipinski definition) is 5. The van der Waals surface area contributed by atoms with Gasteiger partial charge in [0, 0.05) is 12.3 Å². The summed E-state index contributed by atoms with van der Waals surface area (Å²) in [6, 6.07) is 5.32. The van der Waals surface area contributed by atoms with Gasteiger partial charge < -0.3 is 5.43 Å². The Hall–Kier alpha value is -2.26. The van der Waals surface area contributed by atoms with Gasteiger partial charge >= 0.3 is 0 Å². The normalized spacial score (nSPS) is 11.2. The van der Waals surface area contributed by atoms with Crippen molar-refractivity contribution in [3.63, 3.8) is 0 Å². The van der Waals surface area contributed by atoms with Crippen LogP contribution in [-0.4, -0.2) is 13.4 Å². The molecule has 2 rings (SSSR count). The van der Waals surface area contributed by atoms with Crippen molar-refractivity contribution >= 4 is 21.5 Å². The zero-order valence-electron chi connectivity index (χ0n) is 9.97. The summed E-state index contributed by atoms with van der Waals surface area (Å²) in [6.07, 6.45) is 1.35. The van der Waals surface area contributed by atoms with Gasteiger partial charge in [0.2, 0.25) is 0 Å². The summed E-state index contributed by atoms with van der Waals surface area (Å²) in [5, 5.41) is 0.